The van der Waals surface area contributed by atoms with Crippen molar-refractivity contribution in [1.82, 2.24) is 5.43 Å². The molecule has 31 heavy (non-hydrogen) atoms. The van der Waals surface area contributed by atoms with Gasteiger partial charge in [-0.05, 0) is 36.1 Å². The zero-order chi connectivity index (χ0) is 21.6. The van der Waals surface area contributed by atoms with E-state index in [9.17, 15) is 14.9 Å². The van der Waals surface area contributed by atoms with Crippen LogP contribution in [-0.2, 0) is 4.79 Å². The highest BCUT2D eigenvalue weighted by Crippen LogP contribution is 2.47. The van der Waals surface area contributed by atoms with Gasteiger partial charge in [0.05, 0.1) is 16.2 Å². The van der Waals surface area contributed by atoms with E-state index < -0.39 is 4.92 Å². The molecule has 1 aliphatic rings. The monoisotopic (exact) mass is 411 g/mol. The average Bonchev–Trinajstić information content (AvgIpc) is 3.61. The Kier molecular flexibility index (Phi) is 5.98. The molecule has 1 amide bonds. The summed E-state index contributed by atoms with van der Waals surface area (Å²) in [5, 5.41) is 15.6. The molecule has 1 saturated carbocycles. The third-order valence-corrected chi connectivity index (χ3v) is 5.27. The third-order valence-electron chi connectivity index (χ3n) is 5.27. The number of rotatable bonds is 7. The van der Waals surface area contributed by atoms with Crippen LogP contribution in [0.25, 0.3) is 6.08 Å². The van der Waals surface area contributed by atoms with E-state index in [1.807, 2.05) is 60.7 Å². The summed E-state index contributed by atoms with van der Waals surface area (Å²) in [6.07, 6.45) is 4.12. The van der Waals surface area contributed by atoms with Crippen molar-refractivity contribution in [2.45, 2.75) is 12.3 Å². The van der Waals surface area contributed by atoms with Gasteiger partial charge in [-0.2, -0.15) is 5.10 Å². The topological polar surface area (TPSA) is 84.6 Å². The maximum Gasteiger partial charge on any atom is 0.276 e. The highest BCUT2D eigenvalue weighted by molar-refractivity contribution is 6.11. The number of nitro groups is 1. The molecule has 0 spiro atoms. The van der Waals surface area contributed by atoms with Crippen LogP contribution < -0.4 is 5.43 Å². The number of carbonyl (C=O) groups is 1. The highest BCUT2D eigenvalue weighted by Gasteiger charge is 2.43. The second-order valence-corrected chi connectivity index (χ2v) is 7.35. The van der Waals surface area contributed by atoms with Gasteiger partial charge in [0.25, 0.3) is 5.69 Å². The summed E-state index contributed by atoms with van der Waals surface area (Å²) in [6.45, 7) is 0. The molecule has 6 heteroatoms. The van der Waals surface area contributed by atoms with Crippen molar-refractivity contribution in [2.24, 2.45) is 11.0 Å². The van der Waals surface area contributed by atoms with Crippen LogP contribution in [0, 0.1) is 16.0 Å². The van der Waals surface area contributed by atoms with E-state index in [0.29, 0.717) is 11.3 Å². The molecule has 4 rings (SSSR count). The molecule has 6 nitrogen and oxygen atoms in total. The number of hydrogen-bond donors (Lipinski definition) is 1. The van der Waals surface area contributed by atoms with Gasteiger partial charge in [-0.1, -0.05) is 72.8 Å². The van der Waals surface area contributed by atoms with Gasteiger partial charge < -0.3 is 0 Å². The normalized spacial score (nSPS) is 18.0. The minimum atomic E-state index is -0.419. The van der Waals surface area contributed by atoms with Gasteiger partial charge in [0.15, 0.2) is 0 Å². The number of para-hydroxylation sites is 1. The number of hydrazone groups is 1. The molecule has 0 radical (unpaired) electrons. The Morgan fingerprint density at radius 3 is 2.32 bits per heavy atom. The summed E-state index contributed by atoms with van der Waals surface area (Å²) < 4.78 is 0. The van der Waals surface area contributed by atoms with Gasteiger partial charge in [-0.15, -0.1) is 0 Å². The number of carbonyl (C=O) groups excluding carboxylic acids is 1. The fourth-order valence-corrected chi connectivity index (χ4v) is 3.52. The molecule has 1 aliphatic carbocycles. The Balaban J connectivity index is 1.53. The molecule has 1 N–H and O–H groups in total. The van der Waals surface area contributed by atoms with Crippen LogP contribution >= 0.6 is 0 Å². The maximum absolute atomic E-state index is 12.6. The lowest BCUT2D eigenvalue weighted by molar-refractivity contribution is -0.385. The average molecular weight is 411 g/mol. The van der Waals surface area contributed by atoms with Crippen molar-refractivity contribution in [1.29, 1.82) is 0 Å². The molecule has 0 aliphatic heterocycles. The van der Waals surface area contributed by atoms with Crippen LogP contribution in [0.1, 0.15) is 29.0 Å². The van der Waals surface area contributed by atoms with Crippen molar-refractivity contribution in [3.63, 3.8) is 0 Å². The first-order chi connectivity index (χ1) is 15.1. The SMILES string of the molecule is O=C(N/N=C(/C=C/c1ccccc1[N+](=O)[O-])c1ccccc1)[C@@H]1C[C@@H]1c1ccccc1. The summed E-state index contributed by atoms with van der Waals surface area (Å²) in [5.74, 6) is 0.00262. The smallest absolute Gasteiger partial charge is 0.273 e. The van der Waals surface area contributed by atoms with Gasteiger partial charge in [0.2, 0.25) is 5.91 Å². The fourth-order valence-electron chi connectivity index (χ4n) is 3.52. The van der Waals surface area contributed by atoms with Gasteiger partial charge >= 0.3 is 0 Å². The lowest BCUT2D eigenvalue weighted by atomic mass is 10.1. The standard InChI is InChI=1S/C25H21N3O3/c29-25(22-17-21(22)18-9-3-1-4-10-18)27-26-23(19-11-5-2-6-12-19)16-15-20-13-7-8-14-24(20)28(30)31/h1-16,21-22H,17H2,(H,27,29)/b16-15+,26-23-/t21-,22-/m1/s1. The summed E-state index contributed by atoms with van der Waals surface area (Å²) in [7, 11) is 0. The van der Waals surface area contributed by atoms with Gasteiger partial charge in [0.1, 0.15) is 0 Å². The summed E-state index contributed by atoms with van der Waals surface area (Å²) in [5.41, 5.74) is 5.64. The number of nitrogens with zero attached hydrogens (tertiary/aromatic N) is 2. The molecule has 0 heterocycles. The molecule has 3 aromatic rings. The molecule has 0 saturated heterocycles. The number of allylic oxidation sites excluding steroid dienone is 1. The molecule has 0 bridgehead atoms. The Morgan fingerprint density at radius 1 is 0.968 bits per heavy atom. The number of hydrogen-bond acceptors (Lipinski definition) is 4. The summed E-state index contributed by atoms with van der Waals surface area (Å²) in [6, 6.07) is 25.9. The molecule has 1 fully saturated rings. The number of amides is 1. The van der Waals surface area contributed by atoms with E-state index in [1.54, 1.807) is 30.4 Å². The second kappa shape index (κ2) is 9.17. The largest absolute Gasteiger partial charge is 0.276 e. The highest BCUT2D eigenvalue weighted by atomic mass is 16.6. The van der Waals surface area contributed by atoms with Crippen LogP contribution in [0.4, 0.5) is 5.69 Å². The Bertz CT molecular complexity index is 1140. The quantitative estimate of drug-likeness (QED) is 0.340. The molecule has 2 atom stereocenters. The Morgan fingerprint density at radius 2 is 1.61 bits per heavy atom. The van der Waals surface area contributed by atoms with Crippen molar-refractivity contribution in [3.05, 3.63) is 118 Å². The first-order valence-corrected chi connectivity index (χ1v) is 10.0. The predicted octanol–water partition coefficient (Wildman–Crippen LogP) is 4.93. The first-order valence-electron chi connectivity index (χ1n) is 10.0. The van der Waals surface area contributed by atoms with Crippen LogP contribution in [0.15, 0.2) is 96.1 Å². The van der Waals surface area contributed by atoms with E-state index in [0.717, 1.165) is 17.5 Å². The van der Waals surface area contributed by atoms with Crippen molar-refractivity contribution in [2.75, 3.05) is 0 Å². The summed E-state index contributed by atoms with van der Waals surface area (Å²) >= 11 is 0. The van der Waals surface area contributed by atoms with Gasteiger partial charge in [-0.3, -0.25) is 14.9 Å². The van der Waals surface area contributed by atoms with Gasteiger partial charge in [-0.25, -0.2) is 5.43 Å². The Hall–Kier alpha value is -4.06. The molecule has 3 aromatic carbocycles. The van der Waals surface area contributed by atoms with Crippen LogP contribution in [-0.4, -0.2) is 16.5 Å². The maximum atomic E-state index is 12.6. The zero-order valence-corrected chi connectivity index (χ0v) is 16.7. The number of nitrogens with one attached hydrogen (secondary N) is 1. The molecule has 0 aromatic heterocycles. The minimum absolute atomic E-state index is 0.0129. The number of benzene rings is 3. The molecular weight excluding hydrogens is 390 g/mol. The predicted molar refractivity (Wildman–Crippen MR) is 121 cm³/mol. The lowest BCUT2D eigenvalue weighted by Gasteiger charge is -2.04. The van der Waals surface area contributed by atoms with Crippen LogP contribution in [0.5, 0.6) is 0 Å². The van der Waals surface area contributed by atoms with E-state index in [2.05, 4.69) is 10.5 Å². The van der Waals surface area contributed by atoms with Gasteiger partial charge in [0, 0.05) is 17.5 Å². The van der Waals surface area contributed by atoms with E-state index >= 15 is 0 Å². The fraction of sp³-hybridized carbons (Fsp3) is 0.120. The van der Waals surface area contributed by atoms with Crippen molar-refractivity contribution < 1.29 is 9.72 Å². The Labute approximate surface area is 180 Å². The molecule has 154 valence electrons. The van der Waals surface area contributed by atoms with Crippen LogP contribution in [0.3, 0.4) is 0 Å². The minimum Gasteiger partial charge on any atom is -0.273 e. The summed E-state index contributed by atoms with van der Waals surface area (Å²) in [4.78, 5) is 23.5. The molecular formula is C25H21N3O3. The van der Waals surface area contributed by atoms with Crippen molar-refractivity contribution >= 4 is 23.4 Å². The molecule has 0 unspecified atom stereocenters. The van der Waals surface area contributed by atoms with Crippen molar-refractivity contribution in [3.8, 4) is 0 Å². The van der Waals surface area contributed by atoms with E-state index in [-0.39, 0.29) is 23.4 Å². The number of nitro benzene ring substituents is 1. The lowest BCUT2D eigenvalue weighted by Crippen LogP contribution is -2.21. The zero-order valence-electron chi connectivity index (χ0n) is 16.7. The van der Waals surface area contributed by atoms with Crippen LogP contribution in [0.2, 0.25) is 0 Å². The third kappa shape index (κ3) is 4.93. The van der Waals surface area contributed by atoms with E-state index in [4.69, 9.17) is 0 Å². The second-order valence-electron chi connectivity index (χ2n) is 7.35. The first kappa shape index (κ1) is 20.2. The van der Waals surface area contributed by atoms with E-state index in [1.165, 1.54) is 6.07 Å².